The van der Waals surface area contributed by atoms with E-state index in [0.29, 0.717) is 6.42 Å². The number of aliphatic hydroxyl groups is 1. The molecule has 0 radical (unpaired) electrons. The molecule has 0 heterocycles. The van der Waals surface area contributed by atoms with Gasteiger partial charge in [0.2, 0.25) is 0 Å². The van der Waals surface area contributed by atoms with Gasteiger partial charge in [-0.05, 0) is 22.0 Å². The van der Waals surface area contributed by atoms with Crippen LogP contribution in [0, 0.1) is 5.41 Å². The van der Waals surface area contributed by atoms with E-state index in [4.69, 9.17) is 0 Å². The van der Waals surface area contributed by atoms with Gasteiger partial charge in [0.25, 0.3) is 0 Å². The number of allylic oxidation sites excluding steroid dienone is 2. The zero-order valence-corrected chi connectivity index (χ0v) is 12.4. The van der Waals surface area contributed by atoms with Crippen molar-refractivity contribution in [2.24, 2.45) is 5.41 Å². The van der Waals surface area contributed by atoms with Gasteiger partial charge in [-0.2, -0.15) is 0 Å². The number of hydrogen-bond acceptors (Lipinski definition) is 1. The van der Waals surface area contributed by atoms with E-state index in [-0.39, 0.29) is 5.41 Å². The van der Waals surface area contributed by atoms with Crippen LogP contribution in [0.15, 0.2) is 33.3 Å². The van der Waals surface area contributed by atoms with Crippen molar-refractivity contribution in [1.82, 2.24) is 0 Å². The predicted molar refractivity (Wildman–Crippen MR) is 72.2 cm³/mol. The minimum absolute atomic E-state index is 0.141. The van der Waals surface area contributed by atoms with Gasteiger partial charge in [0.1, 0.15) is 5.60 Å². The first kappa shape index (κ1) is 13.2. The van der Waals surface area contributed by atoms with Crippen molar-refractivity contribution in [2.75, 3.05) is 0 Å². The Morgan fingerprint density at radius 1 is 1.53 bits per heavy atom. The van der Waals surface area contributed by atoms with Crippen LogP contribution in [0.5, 0.6) is 0 Å². The van der Waals surface area contributed by atoms with Gasteiger partial charge in [0, 0.05) is 10.9 Å². The van der Waals surface area contributed by atoms with Crippen LogP contribution in [-0.4, -0.2) is 10.7 Å². The van der Waals surface area contributed by atoms with Gasteiger partial charge < -0.3 is 5.11 Å². The summed E-state index contributed by atoms with van der Waals surface area (Å²) in [4.78, 5) is 1.70. The molecule has 0 spiro atoms. The topological polar surface area (TPSA) is 20.2 Å². The van der Waals surface area contributed by atoms with E-state index < -0.39 is 5.60 Å². The molecule has 1 aliphatic carbocycles. The summed E-state index contributed by atoms with van der Waals surface area (Å²) in [7, 11) is 0. The van der Waals surface area contributed by atoms with Crippen molar-refractivity contribution in [2.45, 2.75) is 32.8 Å². The van der Waals surface area contributed by atoms with E-state index in [9.17, 15) is 5.11 Å². The molecule has 0 fully saturated rings. The molecule has 1 aliphatic rings. The molecule has 0 aliphatic heterocycles. The van der Waals surface area contributed by atoms with Gasteiger partial charge in [-0.3, -0.25) is 0 Å². The van der Waals surface area contributed by atoms with Crippen molar-refractivity contribution >= 4 is 31.9 Å². The molecule has 1 nitrogen and oxygen atoms in total. The maximum atomic E-state index is 10.2. The molecule has 0 aromatic carbocycles. The maximum Gasteiger partial charge on any atom is 0.118 e. The molecule has 0 aromatic rings. The smallest absolute Gasteiger partial charge is 0.118 e. The Bertz CT molecular complexity index is 334. The van der Waals surface area contributed by atoms with Crippen LogP contribution in [0.2, 0.25) is 0 Å². The molecule has 0 saturated heterocycles. The van der Waals surface area contributed by atoms with Gasteiger partial charge in [-0.25, -0.2) is 0 Å². The fraction of sp³-hybridized carbons (Fsp3) is 0.500. The Labute approximate surface area is 108 Å². The van der Waals surface area contributed by atoms with E-state index in [1.54, 1.807) is 4.99 Å². The van der Waals surface area contributed by atoms with Crippen LogP contribution in [-0.2, 0) is 0 Å². The summed E-state index contributed by atoms with van der Waals surface area (Å²) in [6.07, 6.45) is 6.55. The summed E-state index contributed by atoms with van der Waals surface area (Å²) in [6.45, 7) is 6.51. The SMILES string of the molecule is CC(C)(C)C1=CCC(O)(/C(Br)=C\Br)C=C1. The molecular weight excluding hydrogens is 320 g/mol. The highest BCUT2D eigenvalue weighted by atomic mass is 79.9. The lowest BCUT2D eigenvalue weighted by atomic mass is 9.80. The quantitative estimate of drug-likeness (QED) is 0.758. The van der Waals surface area contributed by atoms with Crippen LogP contribution in [0.25, 0.3) is 0 Å². The summed E-state index contributed by atoms with van der Waals surface area (Å²) in [5, 5.41) is 10.2. The monoisotopic (exact) mass is 334 g/mol. The lowest BCUT2D eigenvalue weighted by molar-refractivity contribution is 0.141. The van der Waals surface area contributed by atoms with Crippen molar-refractivity contribution < 1.29 is 5.11 Å². The molecule has 1 N–H and O–H groups in total. The minimum Gasteiger partial charge on any atom is -0.380 e. The summed E-state index contributed by atoms with van der Waals surface area (Å²) < 4.78 is 0.746. The third-order valence-corrected chi connectivity index (χ3v) is 4.53. The third-order valence-electron chi connectivity index (χ3n) is 2.55. The van der Waals surface area contributed by atoms with E-state index in [1.165, 1.54) is 5.57 Å². The lowest BCUT2D eigenvalue weighted by Gasteiger charge is -2.30. The van der Waals surface area contributed by atoms with Crippen LogP contribution in [0.1, 0.15) is 27.2 Å². The van der Waals surface area contributed by atoms with Gasteiger partial charge in [0.15, 0.2) is 0 Å². The second kappa shape index (κ2) is 4.56. The molecule has 1 atom stereocenters. The number of halogens is 2. The minimum atomic E-state index is -0.891. The zero-order valence-electron chi connectivity index (χ0n) is 9.22. The Balaban J connectivity index is 2.89. The molecule has 0 aromatic heterocycles. The summed E-state index contributed by atoms with van der Waals surface area (Å²) in [6, 6.07) is 0. The first-order valence-electron chi connectivity index (χ1n) is 4.88. The first-order valence-corrected chi connectivity index (χ1v) is 6.59. The van der Waals surface area contributed by atoms with Crippen molar-refractivity contribution in [3.05, 3.63) is 33.3 Å². The van der Waals surface area contributed by atoms with E-state index >= 15 is 0 Å². The van der Waals surface area contributed by atoms with Crippen LogP contribution in [0.4, 0.5) is 0 Å². The second-order valence-corrected chi connectivity index (χ2v) is 6.14. The van der Waals surface area contributed by atoms with Crippen molar-refractivity contribution in [3.63, 3.8) is 0 Å². The molecular formula is C12H16Br2O. The second-order valence-electron chi connectivity index (χ2n) is 4.83. The van der Waals surface area contributed by atoms with Crippen molar-refractivity contribution in [3.8, 4) is 0 Å². The highest BCUT2D eigenvalue weighted by molar-refractivity contribution is 9.14. The fourth-order valence-electron chi connectivity index (χ4n) is 1.46. The summed E-state index contributed by atoms with van der Waals surface area (Å²) >= 11 is 6.57. The Morgan fingerprint density at radius 2 is 2.13 bits per heavy atom. The van der Waals surface area contributed by atoms with Crippen LogP contribution >= 0.6 is 31.9 Å². The van der Waals surface area contributed by atoms with Gasteiger partial charge >= 0.3 is 0 Å². The fourth-order valence-corrected chi connectivity index (χ4v) is 2.15. The standard InChI is InChI=1S/C12H16Br2O/c1-11(2,3)9-4-6-12(15,7-5-9)10(14)8-13/h4-6,8,15H,7H2,1-3H3/b10-8+. The molecule has 15 heavy (non-hydrogen) atoms. The van der Waals surface area contributed by atoms with Gasteiger partial charge in [-0.1, -0.05) is 64.8 Å². The molecule has 1 unspecified atom stereocenters. The Morgan fingerprint density at radius 3 is 2.47 bits per heavy atom. The van der Waals surface area contributed by atoms with E-state index in [2.05, 4.69) is 58.7 Å². The van der Waals surface area contributed by atoms with E-state index in [1.807, 2.05) is 12.2 Å². The molecule has 1 rings (SSSR count). The Hall–Kier alpha value is 0.140. The highest BCUT2D eigenvalue weighted by Crippen LogP contribution is 2.37. The summed E-state index contributed by atoms with van der Waals surface area (Å²) in [5.74, 6) is 0. The van der Waals surface area contributed by atoms with Crippen molar-refractivity contribution in [1.29, 1.82) is 0 Å². The lowest BCUT2D eigenvalue weighted by Crippen LogP contribution is -2.28. The highest BCUT2D eigenvalue weighted by Gasteiger charge is 2.30. The zero-order chi connectivity index (χ0) is 11.7. The van der Waals surface area contributed by atoms with Crippen LogP contribution in [0.3, 0.4) is 0 Å². The average Bonchev–Trinajstić information content (AvgIpc) is 2.15. The number of hydrogen-bond donors (Lipinski definition) is 1. The van der Waals surface area contributed by atoms with Crippen LogP contribution < -0.4 is 0 Å². The van der Waals surface area contributed by atoms with Gasteiger partial charge in [0.05, 0.1) is 0 Å². The third kappa shape index (κ3) is 3.05. The summed E-state index contributed by atoms with van der Waals surface area (Å²) in [5.41, 5.74) is 0.516. The van der Waals surface area contributed by atoms with Gasteiger partial charge in [-0.15, -0.1) is 0 Å². The number of rotatable bonds is 1. The predicted octanol–water partition coefficient (Wildman–Crippen LogP) is 4.28. The first-order chi connectivity index (χ1) is 6.79. The molecule has 84 valence electrons. The maximum absolute atomic E-state index is 10.2. The average molecular weight is 336 g/mol. The molecule has 0 saturated carbocycles. The molecule has 0 amide bonds. The van der Waals surface area contributed by atoms with E-state index in [0.717, 1.165) is 4.48 Å². The molecule has 3 heteroatoms. The Kier molecular flexibility index (Phi) is 4.01. The normalized spacial score (nSPS) is 27.9. The largest absolute Gasteiger partial charge is 0.380 e. The molecule has 0 bridgehead atoms.